The van der Waals surface area contributed by atoms with Gasteiger partial charge in [-0.3, -0.25) is 14.2 Å². The van der Waals surface area contributed by atoms with Gasteiger partial charge in [0.15, 0.2) is 6.10 Å². The summed E-state index contributed by atoms with van der Waals surface area (Å²) in [5, 5.41) is 0. The lowest BCUT2D eigenvalue weighted by molar-refractivity contribution is -0.870. The van der Waals surface area contributed by atoms with E-state index in [2.05, 4.69) is 111 Å². The monoisotopic (exact) mass is 1030 g/mol. The van der Waals surface area contributed by atoms with E-state index >= 15 is 0 Å². The number of hydrogen-bond acceptors (Lipinski definition) is 8. The number of unbranched alkanes of at least 4 members (excludes halogenated alkanes) is 22. The van der Waals surface area contributed by atoms with Crippen LogP contribution in [0.1, 0.15) is 232 Å². The molecule has 0 radical (unpaired) electrons. The number of carbonyl (C=O) groups is 2. The Kier molecular flexibility index (Phi) is 50.5. The lowest BCUT2D eigenvalue weighted by Gasteiger charge is -2.28. The van der Waals surface area contributed by atoms with Gasteiger partial charge in [0.05, 0.1) is 27.7 Å². The smallest absolute Gasteiger partial charge is 0.306 e. The number of esters is 2. The molecule has 10 heteroatoms. The molecule has 0 aromatic carbocycles. The van der Waals surface area contributed by atoms with Crippen molar-refractivity contribution in [3.63, 3.8) is 0 Å². The van der Waals surface area contributed by atoms with Gasteiger partial charge < -0.3 is 27.9 Å². The van der Waals surface area contributed by atoms with E-state index in [9.17, 15) is 19.0 Å². The normalized spacial score (nSPS) is 14.0. The van der Waals surface area contributed by atoms with E-state index < -0.39 is 32.5 Å². The zero-order valence-electron chi connectivity index (χ0n) is 46.8. The molecule has 2 unspecified atom stereocenters. The van der Waals surface area contributed by atoms with Crippen LogP contribution in [-0.4, -0.2) is 70.0 Å². The SMILES string of the molecule is CC/C=C\C/C=C\C/C=C\C/C=C\C/C=C\C/C=C\C/C=C\C/C=C\CCCCC(=O)OC(COC(=O)CCCCCCCCCCCCCCCCCCCCCCC)COP(=O)([O-])OCC[N+](C)(C)C. The van der Waals surface area contributed by atoms with Gasteiger partial charge in [-0.1, -0.05) is 239 Å². The molecule has 414 valence electrons. The Bertz CT molecular complexity index is 1540. The average Bonchev–Trinajstić information content (AvgIpc) is 3.34. The van der Waals surface area contributed by atoms with Crippen LogP contribution in [0.4, 0.5) is 0 Å². The maximum absolute atomic E-state index is 12.8. The molecule has 0 fully saturated rings. The van der Waals surface area contributed by atoms with Crippen molar-refractivity contribution in [1.82, 2.24) is 0 Å². The molecule has 0 amide bonds. The highest BCUT2D eigenvalue weighted by Crippen LogP contribution is 2.38. The van der Waals surface area contributed by atoms with Gasteiger partial charge >= 0.3 is 11.9 Å². The van der Waals surface area contributed by atoms with Gasteiger partial charge in [-0.15, -0.1) is 0 Å². The molecular weight excluding hydrogens is 918 g/mol. The molecule has 0 aliphatic heterocycles. The molecule has 0 N–H and O–H groups in total. The third-order valence-electron chi connectivity index (χ3n) is 12.1. The minimum absolute atomic E-state index is 0.0434. The Morgan fingerprint density at radius 3 is 1.18 bits per heavy atom. The zero-order chi connectivity index (χ0) is 52.7. The summed E-state index contributed by atoms with van der Waals surface area (Å²) in [6.45, 7) is 4.09. The highest BCUT2D eigenvalue weighted by Gasteiger charge is 2.21. The molecule has 9 nitrogen and oxygen atoms in total. The summed E-state index contributed by atoms with van der Waals surface area (Å²) in [7, 11) is 1.13. The van der Waals surface area contributed by atoms with Crippen LogP contribution >= 0.6 is 7.82 Å². The first kappa shape index (κ1) is 68.9. The summed E-state index contributed by atoms with van der Waals surface area (Å²) < 4.78 is 34.1. The Labute approximate surface area is 443 Å². The maximum atomic E-state index is 12.8. The largest absolute Gasteiger partial charge is 0.756 e. The molecule has 0 saturated carbocycles. The fraction of sp³-hybridized carbons (Fsp3) is 0.710. The molecule has 0 rings (SSSR count). The number of allylic oxidation sites excluding steroid dienone is 16. The summed E-state index contributed by atoms with van der Waals surface area (Å²) in [5.74, 6) is -0.884. The minimum Gasteiger partial charge on any atom is -0.756 e. The summed E-state index contributed by atoms with van der Waals surface area (Å²) >= 11 is 0. The van der Waals surface area contributed by atoms with Crippen LogP contribution in [0, 0.1) is 0 Å². The van der Waals surface area contributed by atoms with Crippen molar-refractivity contribution < 1.29 is 42.1 Å². The molecule has 0 spiro atoms. The molecule has 0 aliphatic rings. The summed E-state index contributed by atoms with van der Waals surface area (Å²) in [6, 6.07) is 0. The van der Waals surface area contributed by atoms with Gasteiger partial charge in [0.1, 0.15) is 19.8 Å². The van der Waals surface area contributed by atoms with E-state index in [1.165, 1.54) is 116 Å². The molecule has 0 aromatic heterocycles. The lowest BCUT2D eigenvalue weighted by atomic mass is 10.0. The van der Waals surface area contributed by atoms with E-state index in [0.29, 0.717) is 17.4 Å². The Morgan fingerprint density at radius 2 is 0.792 bits per heavy atom. The second-order valence-electron chi connectivity index (χ2n) is 20.3. The molecule has 0 saturated heterocycles. The van der Waals surface area contributed by atoms with Crippen LogP contribution in [0.5, 0.6) is 0 Å². The number of ether oxygens (including phenoxy) is 2. The van der Waals surface area contributed by atoms with Gasteiger partial charge in [0.25, 0.3) is 7.82 Å². The third kappa shape index (κ3) is 56.2. The Balaban J connectivity index is 4.29. The second-order valence-corrected chi connectivity index (χ2v) is 21.7. The number of phosphoric acid groups is 1. The van der Waals surface area contributed by atoms with E-state index in [0.717, 1.165) is 83.5 Å². The number of phosphoric ester groups is 1. The topological polar surface area (TPSA) is 111 Å². The van der Waals surface area contributed by atoms with Crippen LogP contribution in [0.2, 0.25) is 0 Å². The first-order valence-electron chi connectivity index (χ1n) is 28.9. The van der Waals surface area contributed by atoms with Gasteiger partial charge in [-0.25, -0.2) is 0 Å². The molecular formula is C62H108NO8P. The molecule has 2 atom stereocenters. The van der Waals surface area contributed by atoms with Crippen LogP contribution in [0.3, 0.4) is 0 Å². The Morgan fingerprint density at radius 1 is 0.444 bits per heavy atom. The van der Waals surface area contributed by atoms with Crippen LogP contribution in [0.25, 0.3) is 0 Å². The highest BCUT2D eigenvalue weighted by molar-refractivity contribution is 7.45. The summed E-state index contributed by atoms with van der Waals surface area (Å²) in [5.41, 5.74) is 0. The van der Waals surface area contributed by atoms with Crippen LogP contribution in [-0.2, 0) is 32.7 Å². The lowest BCUT2D eigenvalue weighted by Crippen LogP contribution is -2.37. The predicted octanol–water partition coefficient (Wildman–Crippen LogP) is 17.4. The quantitative estimate of drug-likeness (QED) is 0.0195. The van der Waals surface area contributed by atoms with E-state index in [-0.39, 0.29) is 26.1 Å². The number of rotatable bonds is 52. The number of carbonyl (C=O) groups excluding carboxylic acids is 2. The predicted molar refractivity (Wildman–Crippen MR) is 305 cm³/mol. The molecule has 0 heterocycles. The average molecular weight is 1030 g/mol. The second kappa shape index (κ2) is 52.8. The van der Waals surface area contributed by atoms with Crippen molar-refractivity contribution in [2.24, 2.45) is 0 Å². The van der Waals surface area contributed by atoms with Crippen LogP contribution < -0.4 is 4.89 Å². The highest BCUT2D eigenvalue weighted by atomic mass is 31.2. The van der Waals surface area contributed by atoms with Gasteiger partial charge in [0, 0.05) is 12.8 Å². The van der Waals surface area contributed by atoms with Gasteiger partial charge in [-0.2, -0.15) is 0 Å². The molecule has 0 aliphatic carbocycles. The third-order valence-corrected chi connectivity index (χ3v) is 13.1. The number of likely N-dealkylation sites (N-methyl/N-ethyl adjacent to an activating group) is 1. The Hall–Kier alpha value is -3.07. The number of nitrogens with zero attached hydrogens (tertiary/aromatic N) is 1. The van der Waals surface area contributed by atoms with E-state index in [4.69, 9.17) is 18.5 Å². The van der Waals surface area contributed by atoms with Gasteiger partial charge in [-0.05, 0) is 77.0 Å². The fourth-order valence-electron chi connectivity index (χ4n) is 7.67. The first-order chi connectivity index (χ1) is 35.0. The zero-order valence-corrected chi connectivity index (χ0v) is 47.7. The fourth-order valence-corrected chi connectivity index (χ4v) is 8.40. The van der Waals surface area contributed by atoms with Crippen molar-refractivity contribution in [2.45, 2.75) is 238 Å². The van der Waals surface area contributed by atoms with Gasteiger partial charge in [0.2, 0.25) is 0 Å². The van der Waals surface area contributed by atoms with Crippen molar-refractivity contribution >= 4 is 19.8 Å². The van der Waals surface area contributed by atoms with Crippen LogP contribution in [0.15, 0.2) is 97.2 Å². The summed E-state index contributed by atoms with van der Waals surface area (Å²) in [4.78, 5) is 37.8. The number of hydrogen-bond donors (Lipinski definition) is 0. The molecule has 0 aromatic rings. The van der Waals surface area contributed by atoms with Crippen molar-refractivity contribution in [3.8, 4) is 0 Å². The van der Waals surface area contributed by atoms with Crippen molar-refractivity contribution in [2.75, 3.05) is 47.5 Å². The maximum Gasteiger partial charge on any atom is 0.306 e. The van der Waals surface area contributed by atoms with E-state index in [1.807, 2.05) is 21.1 Å². The minimum atomic E-state index is -4.65. The first-order valence-corrected chi connectivity index (χ1v) is 30.4. The standard InChI is InChI=1S/C62H108NO8P/c1-6-8-10-12-14-16-18-20-22-24-26-28-29-30-31-32-33-35-37-39-41-43-45-47-49-51-53-55-62(65)71-60(59-70-72(66,67)69-57-56-63(3,4)5)58-68-61(64)54-52-50-48-46-44-42-40-38-36-34-27-25-23-21-19-17-15-13-11-9-7-2/h8,10,14,16,20,22,26,28,30-31,33,35,39,41,45,47,60H,6-7,9,11-13,15,17-19,21,23-25,27,29,32,34,36-38,40,42-44,46,48-59H2,1-5H3/b10-8-,16-14-,22-20-,28-26-,31-30-,35-33-,41-39-,47-45-. The molecule has 0 bridgehead atoms. The number of quaternary nitrogens is 1. The van der Waals surface area contributed by atoms with Crippen molar-refractivity contribution in [3.05, 3.63) is 97.2 Å². The molecule has 72 heavy (non-hydrogen) atoms. The summed E-state index contributed by atoms with van der Waals surface area (Å²) in [6.07, 6.45) is 71.7. The van der Waals surface area contributed by atoms with Crippen molar-refractivity contribution in [1.29, 1.82) is 0 Å². The van der Waals surface area contributed by atoms with E-state index in [1.54, 1.807) is 0 Å².